The normalized spacial score (nSPS) is 18.0. The number of hydrogen-bond acceptors (Lipinski definition) is 2. The summed E-state index contributed by atoms with van der Waals surface area (Å²) in [6, 6.07) is 1.64. The first kappa shape index (κ1) is 14.0. The molecule has 0 bridgehead atoms. The summed E-state index contributed by atoms with van der Waals surface area (Å²) >= 11 is 0. The highest BCUT2D eigenvalue weighted by Crippen LogP contribution is 2.27. The molecule has 0 heterocycles. The molecule has 0 aromatic rings. The molecule has 1 atom stereocenters. The molecule has 2 heteroatoms. The zero-order valence-electron chi connectivity index (χ0n) is 11.5. The van der Waals surface area contributed by atoms with Crippen molar-refractivity contribution in [2.75, 3.05) is 19.6 Å². The average molecular weight is 226 g/mol. The van der Waals surface area contributed by atoms with Crippen molar-refractivity contribution in [3.8, 4) is 0 Å². The summed E-state index contributed by atoms with van der Waals surface area (Å²) in [5.74, 6) is 0. The molecule has 2 nitrogen and oxygen atoms in total. The average Bonchev–Trinajstić information content (AvgIpc) is 3.07. The van der Waals surface area contributed by atoms with Gasteiger partial charge in [-0.3, -0.25) is 0 Å². The molecule has 0 aromatic carbocycles. The number of nitrogens with zero attached hydrogens (tertiary/aromatic N) is 1. The van der Waals surface area contributed by atoms with Crippen LogP contribution in [0.2, 0.25) is 0 Å². The van der Waals surface area contributed by atoms with Crippen LogP contribution in [-0.4, -0.2) is 36.6 Å². The zero-order valence-corrected chi connectivity index (χ0v) is 11.5. The summed E-state index contributed by atoms with van der Waals surface area (Å²) in [7, 11) is 0. The summed E-state index contributed by atoms with van der Waals surface area (Å²) in [4.78, 5) is 2.72. The van der Waals surface area contributed by atoms with Crippen LogP contribution in [0.1, 0.15) is 59.3 Å². The predicted molar refractivity (Wildman–Crippen MR) is 71.9 cm³/mol. The Morgan fingerprint density at radius 2 is 1.88 bits per heavy atom. The number of nitrogens with one attached hydrogen (secondary N) is 1. The third-order valence-electron chi connectivity index (χ3n) is 3.50. The van der Waals surface area contributed by atoms with Gasteiger partial charge < -0.3 is 10.2 Å². The Hall–Kier alpha value is -0.0800. The second-order valence-corrected chi connectivity index (χ2v) is 5.22. The monoisotopic (exact) mass is 226 g/mol. The van der Waals surface area contributed by atoms with Crippen molar-refractivity contribution in [3.63, 3.8) is 0 Å². The molecule has 1 rings (SSSR count). The lowest BCUT2D eigenvalue weighted by Crippen LogP contribution is -2.31. The highest BCUT2D eigenvalue weighted by Gasteiger charge is 2.27. The van der Waals surface area contributed by atoms with Crippen LogP contribution >= 0.6 is 0 Å². The lowest BCUT2D eigenvalue weighted by Gasteiger charge is -2.22. The maximum absolute atomic E-state index is 3.49. The third kappa shape index (κ3) is 5.86. The van der Waals surface area contributed by atoms with Gasteiger partial charge in [-0.05, 0) is 58.7 Å². The molecule has 0 saturated heterocycles. The highest BCUT2D eigenvalue weighted by molar-refractivity contribution is 4.84. The molecular weight excluding hydrogens is 196 g/mol. The molecule has 1 fully saturated rings. The first-order valence-electron chi connectivity index (χ1n) is 7.25. The van der Waals surface area contributed by atoms with Gasteiger partial charge in [-0.2, -0.15) is 0 Å². The molecular formula is C14H30N2. The summed E-state index contributed by atoms with van der Waals surface area (Å²) in [6.07, 6.45) is 8.28. The van der Waals surface area contributed by atoms with E-state index in [-0.39, 0.29) is 0 Å². The van der Waals surface area contributed by atoms with Crippen LogP contribution in [0.25, 0.3) is 0 Å². The maximum Gasteiger partial charge on any atom is 0.00964 e. The van der Waals surface area contributed by atoms with Crippen molar-refractivity contribution in [2.45, 2.75) is 71.4 Å². The van der Waals surface area contributed by atoms with Crippen molar-refractivity contribution in [1.82, 2.24) is 10.2 Å². The van der Waals surface area contributed by atoms with Crippen LogP contribution in [0, 0.1) is 0 Å². The summed E-state index contributed by atoms with van der Waals surface area (Å²) in [6.45, 7) is 10.5. The van der Waals surface area contributed by atoms with Crippen molar-refractivity contribution >= 4 is 0 Å². The molecule has 0 aromatic heterocycles. The third-order valence-corrected chi connectivity index (χ3v) is 3.50. The second-order valence-electron chi connectivity index (χ2n) is 5.22. The fraction of sp³-hybridized carbons (Fsp3) is 1.00. The van der Waals surface area contributed by atoms with Gasteiger partial charge in [0.15, 0.2) is 0 Å². The lowest BCUT2D eigenvalue weighted by atomic mass is 10.1. The van der Waals surface area contributed by atoms with E-state index in [0.29, 0.717) is 6.04 Å². The minimum absolute atomic E-state index is 0.692. The Morgan fingerprint density at radius 3 is 2.44 bits per heavy atom. The molecule has 1 saturated carbocycles. The fourth-order valence-corrected chi connectivity index (χ4v) is 2.33. The van der Waals surface area contributed by atoms with Gasteiger partial charge in [-0.15, -0.1) is 0 Å². The molecule has 0 spiro atoms. The standard InChI is InChI=1S/C14H30N2/c1-4-6-11-16(14-9-10-14)12-7-8-13(3)15-5-2/h13-15H,4-12H2,1-3H3. The van der Waals surface area contributed by atoms with Crippen LogP contribution in [0.15, 0.2) is 0 Å². The lowest BCUT2D eigenvalue weighted by molar-refractivity contribution is 0.250. The molecule has 1 aliphatic rings. The first-order valence-corrected chi connectivity index (χ1v) is 7.25. The van der Waals surface area contributed by atoms with E-state index in [0.717, 1.165) is 12.6 Å². The van der Waals surface area contributed by atoms with Gasteiger partial charge >= 0.3 is 0 Å². The Kier molecular flexibility index (Phi) is 7.06. The summed E-state index contributed by atoms with van der Waals surface area (Å²) in [5.41, 5.74) is 0. The molecule has 96 valence electrons. The topological polar surface area (TPSA) is 15.3 Å². The number of unbranched alkanes of at least 4 members (excludes halogenated alkanes) is 1. The molecule has 16 heavy (non-hydrogen) atoms. The van der Waals surface area contributed by atoms with E-state index in [4.69, 9.17) is 0 Å². The summed E-state index contributed by atoms with van der Waals surface area (Å²) in [5, 5.41) is 3.49. The minimum atomic E-state index is 0.692. The smallest absolute Gasteiger partial charge is 0.00964 e. The van der Waals surface area contributed by atoms with E-state index >= 15 is 0 Å². The SMILES string of the molecule is CCCCN(CCCC(C)NCC)C1CC1. The quantitative estimate of drug-likeness (QED) is 0.616. The Labute approximate surface area is 102 Å². The fourth-order valence-electron chi connectivity index (χ4n) is 2.33. The van der Waals surface area contributed by atoms with Crippen LogP contribution in [0.3, 0.4) is 0 Å². The van der Waals surface area contributed by atoms with Gasteiger partial charge in [0.25, 0.3) is 0 Å². The van der Waals surface area contributed by atoms with Crippen molar-refractivity contribution in [3.05, 3.63) is 0 Å². The van der Waals surface area contributed by atoms with Crippen molar-refractivity contribution < 1.29 is 0 Å². The first-order chi connectivity index (χ1) is 7.77. The van der Waals surface area contributed by atoms with Crippen LogP contribution in [0.4, 0.5) is 0 Å². The van der Waals surface area contributed by atoms with Crippen LogP contribution < -0.4 is 5.32 Å². The van der Waals surface area contributed by atoms with Gasteiger partial charge in [0, 0.05) is 12.1 Å². The van der Waals surface area contributed by atoms with E-state index < -0.39 is 0 Å². The van der Waals surface area contributed by atoms with E-state index in [1.807, 2.05) is 0 Å². The van der Waals surface area contributed by atoms with E-state index in [2.05, 4.69) is 31.0 Å². The molecule has 0 aliphatic heterocycles. The predicted octanol–water partition coefficient (Wildman–Crippen LogP) is 3.03. The molecule has 1 N–H and O–H groups in total. The zero-order chi connectivity index (χ0) is 11.8. The molecule has 1 unspecified atom stereocenters. The largest absolute Gasteiger partial charge is 0.315 e. The maximum atomic E-state index is 3.49. The van der Waals surface area contributed by atoms with Crippen molar-refractivity contribution in [1.29, 1.82) is 0 Å². The second kappa shape index (κ2) is 8.08. The molecule has 1 aliphatic carbocycles. The van der Waals surface area contributed by atoms with Gasteiger partial charge in [-0.1, -0.05) is 20.3 Å². The van der Waals surface area contributed by atoms with Gasteiger partial charge in [0.05, 0.1) is 0 Å². The van der Waals surface area contributed by atoms with Gasteiger partial charge in [-0.25, -0.2) is 0 Å². The number of rotatable bonds is 10. The van der Waals surface area contributed by atoms with Gasteiger partial charge in [0.1, 0.15) is 0 Å². The van der Waals surface area contributed by atoms with Crippen LogP contribution in [0.5, 0.6) is 0 Å². The van der Waals surface area contributed by atoms with Crippen molar-refractivity contribution in [2.24, 2.45) is 0 Å². The van der Waals surface area contributed by atoms with Gasteiger partial charge in [0.2, 0.25) is 0 Å². The summed E-state index contributed by atoms with van der Waals surface area (Å²) < 4.78 is 0. The number of hydrogen-bond donors (Lipinski definition) is 1. The molecule has 0 amide bonds. The van der Waals surface area contributed by atoms with Crippen LogP contribution in [-0.2, 0) is 0 Å². The van der Waals surface area contributed by atoms with E-state index in [9.17, 15) is 0 Å². The highest BCUT2D eigenvalue weighted by atomic mass is 15.2. The molecule has 0 radical (unpaired) electrons. The minimum Gasteiger partial charge on any atom is -0.315 e. The van der Waals surface area contributed by atoms with E-state index in [1.54, 1.807) is 0 Å². The Balaban J connectivity index is 2.07. The van der Waals surface area contributed by atoms with E-state index in [1.165, 1.54) is 51.6 Å². The Morgan fingerprint density at radius 1 is 1.19 bits per heavy atom. The Bertz CT molecular complexity index is 166.